The Labute approximate surface area is 119 Å². The maximum Gasteiger partial charge on any atom is 0.130 e. The number of piperidine rings is 1. The Morgan fingerprint density at radius 2 is 2.05 bits per heavy atom. The fraction of sp³-hybridized carbons (Fsp3) is 0.625. The Balaban J connectivity index is 1.80. The maximum atomic E-state index is 14.1. The minimum Gasteiger partial charge on any atom is -0.314 e. The van der Waals surface area contributed by atoms with Crippen molar-refractivity contribution in [3.8, 4) is 0 Å². The molecule has 2 aliphatic rings. The monoisotopic (exact) mass is 280 g/mol. The van der Waals surface area contributed by atoms with Crippen LogP contribution in [0.3, 0.4) is 0 Å². The van der Waals surface area contributed by atoms with Crippen LogP contribution < -0.4 is 5.32 Å². The quantitative estimate of drug-likeness (QED) is 0.911. The third-order valence-electron chi connectivity index (χ3n) is 4.53. The number of halogens is 2. The van der Waals surface area contributed by atoms with Crippen LogP contribution in [0.4, 0.5) is 8.78 Å². The van der Waals surface area contributed by atoms with Crippen molar-refractivity contribution in [2.24, 2.45) is 5.92 Å². The van der Waals surface area contributed by atoms with Crippen molar-refractivity contribution in [3.63, 3.8) is 0 Å². The van der Waals surface area contributed by atoms with Gasteiger partial charge in [0, 0.05) is 30.3 Å². The summed E-state index contributed by atoms with van der Waals surface area (Å²) < 4.78 is 27.2. The van der Waals surface area contributed by atoms with Crippen LogP contribution in [0.1, 0.15) is 37.3 Å². The zero-order chi connectivity index (χ0) is 14.1. The van der Waals surface area contributed by atoms with Gasteiger partial charge in [-0.25, -0.2) is 8.78 Å². The second kappa shape index (κ2) is 5.78. The average molecular weight is 280 g/mol. The molecule has 1 saturated heterocycles. The van der Waals surface area contributed by atoms with Crippen LogP contribution in [0.15, 0.2) is 18.2 Å². The SMILES string of the molecule is CN1CCCC(CNC2CC2)C1c1ccc(F)cc1F. The van der Waals surface area contributed by atoms with Gasteiger partial charge >= 0.3 is 0 Å². The molecule has 0 spiro atoms. The smallest absolute Gasteiger partial charge is 0.130 e. The van der Waals surface area contributed by atoms with Crippen molar-refractivity contribution in [1.29, 1.82) is 0 Å². The molecule has 1 N–H and O–H groups in total. The van der Waals surface area contributed by atoms with Crippen molar-refractivity contribution in [2.45, 2.75) is 37.8 Å². The molecule has 2 unspecified atom stereocenters. The number of hydrogen-bond donors (Lipinski definition) is 1. The van der Waals surface area contributed by atoms with Gasteiger partial charge in [-0.05, 0) is 51.3 Å². The molecule has 4 heteroatoms. The number of nitrogens with one attached hydrogen (secondary N) is 1. The summed E-state index contributed by atoms with van der Waals surface area (Å²) in [6.07, 6.45) is 4.77. The van der Waals surface area contributed by atoms with E-state index in [1.54, 1.807) is 6.07 Å². The predicted octanol–water partition coefficient (Wildman–Crippen LogP) is 3.10. The van der Waals surface area contributed by atoms with Crippen LogP contribution in [0, 0.1) is 17.6 Å². The summed E-state index contributed by atoms with van der Waals surface area (Å²) in [6, 6.07) is 4.70. The lowest BCUT2D eigenvalue weighted by Gasteiger charge is -2.40. The normalized spacial score (nSPS) is 27.8. The Morgan fingerprint density at radius 3 is 2.75 bits per heavy atom. The van der Waals surface area contributed by atoms with Gasteiger partial charge in [0.15, 0.2) is 0 Å². The molecule has 2 nitrogen and oxygen atoms in total. The number of benzene rings is 1. The maximum absolute atomic E-state index is 14.1. The van der Waals surface area contributed by atoms with E-state index in [-0.39, 0.29) is 6.04 Å². The largest absolute Gasteiger partial charge is 0.314 e. The summed E-state index contributed by atoms with van der Waals surface area (Å²) in [6.45, 7) is 1.90. The molecule has 0 radical (unpaired) electrons. The highest BCUT2D eigenvalue weighted by atomic mass is 19.1. The van der Waals surface area contributed by atoms with Crippen molar-refractivity contribution in [1.82, 2.24) is 10.2 Å². The molecule has 1 aromatic carbocycles. The lowest BCUT2D eigenvalue weighted by atomic mass is 9.84. The first-order valence-electron chi connectivity index (χ1n) is 7.53. The van der Waals surface area contributed by atoms with Crippen molar-refractivity contribution < 1.29 is 8.78 Å². The Morgan fingerprint density at radius 1 is 1.25 bits per heavy atom. The molecule has 2 fully saturated rings. The van der Waals surface area contributed by atoms with E-state index in [0.29, 0.717) is 17.5 Å². The topological polar surface area (TPSA) is 15.3 Å². The lowest BCUT2D eigenvalue weighted by Crippen LogP contribution is -2.41. The fourth-order valence-corrected chi connectivity index (χ4v) is 3.31. The molecule has 1 aliphatic carbocycles. The highest BCUT2D eigenvalue weighted by molar-refractivity contribution is 5.23. The minimum absolute atomic E-state index is 0.0515. The second-order valence-corrected chi connectivity index (χ2v) is 6.18. The van der Waals surface area contributed by atoms with Crippen LogP contribution in [0.5, 0.6) is 0 Å². The van der Waals surface area contributed by atoms with Crippen molar-refractivity contribution in [3.05, 3.63) is 35.4 Å². The van der Waals surface area contributed by atoms with Gasteiger partial charge in [0.05, 0.1) is 0 Å². The lowest BCUT2D eigenvalue weighted by molar-refractivity contribution is 0.116. The summed E-state index contributed by atoms with van der Waals surface area (Å²) >= 11 is 0. The van der Waals surface area contributed by atoms with Gasteiger partial charge in [-0.3, -0.25) is 4.90 Å². The van der Waals surface area contributed by atoms with E-state index in [2.05, 4.69) is 10.2 Å². The molecular formula is C16H22F2N2. The third kappa shape index (κ3) is 3.01. The van der Waals surface area contributed by atoms with Crippen LogP contribution in [0.25, 0.3) is 0 Å². The first-order valence-corrected chi connectivity index (χ1v) is 7.53. The third-order valence-corrected chi connectivity index (χ3v) is 4.53. The minimum atomic E-state index is -0.502. The van der Waals surface area contributed by atoms with Gasteiger partial charge in [0.2, 0.25) is 0 Å². The second-order valence-electron chi connectivity index (χ2n) is 6.18. The average Bonchev–Trinajstić information content (AvgIpc) is 3.22. The van der Waals surface area contributed by atoms with Gasteiger partial charge in [-0.15, -0.1) is 0 Å². The van der Waals surface area contributed by atoms with Gasteiger partial charge in [0.1, 0.15) is 11.6 Å². The highest BCUT2D eigenvalue weighted by Crippen LogP contribution is 2.36. The molecule has 110 valence electrons. The summed E-state index contributed by atoms with van der Waals surface area (Å²) in [5, 5.41) is 3.55. The van der Waals surface area contributed by atoms with Crippen molar-refractivity contribution >= 4 is 0 Å². The summed E-state index contributed by atoms with van der Waals surface area (Å²) in [5.41, 5.74) is 0.635. The van der Waals surface area contributed by atoms with Crippen LogP contribution in [-0.4, -0.2) is 31.1 Å². The molecule has 0 amide bonds. The number of nitrogens with zero attached hydrogens (tertiary/aromatic N) is 1. The fourth-order valence-electron chi connectivity index (χ4n) is 3.31. The van der Waals surface area contributed by atoms with Gasteiger partial charge in [-0.1, -0.05) is 6.07 Å². The van der Waals surface area contributed by atoms with E-state index in [4.69, 9.17) is 0 Å². The van der Waals surface area contributed by atoms with E-state index in [1.165, 1.54) is 18.9 Å². The van der Waals surface area contributed by atoms with E-state index in [1.807, 2.05) is 7.05 Å². The molecule has 1 heterocycles. The molecule has 0 aromatic heterocycles. The summed E-state index contributed by atoms with van der Waals surface area (Å²) in [4.78, 5) is 2.21. The highest BCUT2D eigenvalue weighted by Gasteiger charge is 2.33. The molecule has 20 heavy (non-hydrogen) atoms. The number of hydrogen-bond acceptors (Lipinski definition) is 2. The first-order chi connectivity index (χ1) is 9.65. The van der Waals surface area contributed by atoms with Crippen LogP contribution >= 0.6 is 0 Å². The molecule has 0 bridgehead atoms. The molecular weight excluding hydrogens is 258 g/mol. The van der Waals surface area contributed by atoms with Crippen LogP contribution in [-0.2, 0) is 0 Å². The molecule has 3 rings (SSSR count). The Kier molecular flexibility index (Phi) is 4.03. The summed E-state index contributed by atoms with van der Waals surface area (Å²) in [5.74, 6) is -0.521. The standard InChI is InChI=1S/C16H22F2N2/c1-20-8-2-3-11(10-19-13-5-6-13)16(20)14-7-4-12(17)9-15(14)18/h4,7,9,11,13,16,19H,2-3,5-6,8,10H2,1H3. The molecule has 1 aliphatic heterocycles. The van der Waals surface area contributed by atoms with E-state index in [0.717, 1.165) is 32.0 Å². The van der Waals surface area contributed by atoms with Gasteiger partial charge < -0.3 is 5.32 Å². The zero-order valence-electron chi connectivity index (χ0n) is 11.9. The first kappa shape index (κ1) is 14.0. The van der Waals surface area contributed by atoms with E-state index < -0.39 is 11.6 Å². The number of likely N-dealkylation sites (tertiary alicyclic amines) is 1. The van der Waals surface area contributed by atoms with E-state index in [9.17, 15) is 8.78 Å². The predicted molar refractivity (Wildman–Crippen MR) is 75.5 cm³/mol. The number of rotatable bonds is 4. The molecule has 1 saturated carbocycles. The van der Waals surface area contributed by atoms with Crippen LogP contribution in [0.2, 0.25) is 0 Å². The molecule has 2 atom stereocenters. The van der Waals surface area contributed by atoms with Gasteiger partial charge in [-0.2, -0.15) is 0 Å². The van der Waals surface area contributed by atoms with Gasteiger partial charge in [0.25, 0.3) is 0 Å². The van der Waals surface area contributed by atoms with E-state index >= 15 is 0 Å². The van der Waals surface area contributed by atoms with Crippen molar-refractivity contribution in [2.75, 3.05) is 20.1 Å². The Hall–Kier alpha value is -1.00. The zero-order valence-corrected chi connectivity index (χ0v) is 11.9. The summed E-state index contributed by atoms with van der Waals surface area (Å²) in [7, 11) is 2.04. The Bertz CT molecular complexity index is 474. The molecule has 1 aromatic rings.